The van der Waals surface area contributed by atoms with Gasteiger partial charge in [0.1, 0.15) is 6.54 Å². The first-order valence-electron chi connectivity index (χ1n) is 7.75. The molecule has 1 amide bonds. The minimum atomic E-state index is -0.195. The fourth-order valence-electron chi connectivity index (χ4n) is 2.70. The third-order valence-corrected chi connectivity index (χ3v) is 4.20. The van der Waals surface area contributed by atoms with Crippen LogP contribution in [0.1, 0.15) is 23.7 Å². The van der Waals surface area contributed by atoms with Crippen LogP contribution < -0.4 is 5.32 Å². The third-order valence-electron chi connectivity index (χ3n) is 3.87. The van der Waals surface area contributed by atoms with Gasteiger partial charge in [-0.25, -0.2) is 0 Å². The maximum absolute atomic E-state index is 12.4. The van der Waals surface area contributed by atoms with Gasteiger partial charge in [-0.3, -0.25) is 9.59 Å². The van der Waals surface area contributed by atoms with E-state index < -0.39 is 0 Å². The Labute approximate surface area is 145 Å². The molecule has 0 atom stereocenters. The number of halogens is 1. The molecule has 122 valence electrons. The lowest BCUT2D eigenvalue weighted by Gasteiger charge is -2.08. The molecule has 1 N–H and O–H groups in total. The zero-order valence-corrected chi connectivity index (χ0v) is 14.0. The Morgan fingerprint density at radius 3 is 2.54 bits per heavy atom. The first kappa shape index (κ1) is 16.3. The lowest BCUT2D eigenvalue weighted by molar-refractivity contribution is -0.116. The van der Waals surface area contributed by atoms with Crippen LogP contribution in [0.4, 0.5) is 5.69 Å². The molecule has 0 fully saturated rings. The van der Waals surface area contributed by atoms with Gasteiger partial charge >= 0.3 is 0 Å². The number of hydrogen-bond donors (Lipinski definition) is 1. The molecule has 4 nitrogen and oxygen atoms in total. The summed E-state index contributed by atoms with van der Waals surface area (Å²) in [6.45, 7) is 1.95. The summed E-state index contributed by atoms with van der Waals surface area (Å²) in [4.78, 5) is 24.5. The summed E-state index contributed by atoms with van der Waals surface area (Å²) in [5.41, 5.74) is 2.09. The van der Waals surface area contributed by atoms with Gasteiger partial charge in [-0.15, -0.1) is 0 Å². The molecule has 24 heavy (non-hydrogen) atoms. The second kappa shape index (κ2) is 6.89. The summed E-state index contributed by atoms with van der Waals surface area (Å²) < 4.78 is 1.80. The largest absolute Gasteiger partial charge is 0.337 e. The molecular formula is C19H17ClN2O2. The highest BCUT2D eigenvalue weighted by molar-refractivity contribution is 6.33. The predicted octanol–water partition coefficient (Wildman–Crippen LogP) is 4.53. The fourth-order valence-corrected chi connectivity index (χ4v) is 2.88. The van der Waals surface area contributed by atoms with Gasteiger partial charge in [-0.2, -0.15) is 0 Å². The van der Waals surface area contributed by atoms with Gasteiger partial charge in [-0.1, -0.05) is 48.9 Å². The molecule has 0 saturated heterocycles. The average molecular weight is 341 g/mol. The first-order valence-corrected chi connectivity index (χ1v) is 8.13. The lowest BCUT2D eigenvalue weighted by atomic mass is 10.1. The highest BCUT2D eigenvalue weighted by atomic mass is 35.5. The molecule has 1 heterocycles. The number of nitrogens with one attached hydrogen (secondary N) is 1. The number of rotatable bonds is 5. The molecule has 2 aromatic carbocycles. The van der Waals surface area contributed by atoms with Gasteiger partial charge in [0.15, 0.2) is 5.78 Å². The molecule has 0 radical (unpaired) electrons. The van der Waals surface area contributed by atoms with Gasteiger partial charge in [0.25, 0.3) is 0 Å². The molecule has 3 aromatic rings. The Morgan fingerprint density at radius 1 is 1.08 bits per heavy atom. The number of carbonyl (C=O) groups is 2. The van der Waals surface area contributed by atoms with E-state index in [-0.39, 0.29) is 18.2 Å². The van der Waals surface area contributed by atoms with Crippen LogP contribution in [0.25, 0.3) is 10.9 Å². The molecule has 0 saturated carbocycles. The van der Waals surface area contributed by atoms with Gasteiger partial charge in [0, 0.05) is 29.1 Å². The van der Waals surface area contributed by atoms with Crippen LogP contribution in [0.15, 0.2) is 54.7 Å². The highest BCUT2D eigenvalue weighted by Crippen LogP contribution is 2.24. The van der Waals surface area contributed by atoms with Crippen molar-refractivity contribution in [1.29, 1.82) is 0 Å². The molecule has 5 heteroatoms. The van der Waals surface area contributed by atoms with Crippen molar-refractivity contribution in [3.05, 3.63) is 65.3 Å². The van der Waals surface area contributed by atoms with Crippen molar-refractivity contribution in [1.82, 2.24) is 4.57 Å². The van der Waals surface area contributed by atoms with Crippen LogP contribution in [0, 0.1) is 0 Å². The second-order valence-electron chi connectivity index (χ2n) is 5.49. The van der Waals surface area contributed by atoms with E-state index in [9.17, 15) is 9.59 Å². The molecule has 1 aromatic heterocycles. The summed E-state index contributed by atoms with van der Waals surface area (Å²) in [7, 11) is 0. The van der Waals surface area contributed by atoms with E-state index in [0.717, 1.165) is 10.9 Å². The Hall–Kier alpha value is -2.59. The van der Waals surface area contributed by atoms with Crippen LogP contribution in [-0.2, 0) is 11.3 Å². The number of Topliss-reactive ketones (excluding diaryl/α,β-unsaturated/α-hetero) is 1. The van der Waals surface area contributed by atoms with Gasteiger partial charge in [-0.05, 0) is 18.2 Å². The summed E-state index contributed by atoms with van der Waals surface area (Å²) in [5.74, 6) is -0.129. The van der Waals surface area contributed by atoms with Crippen LogP contribution in [0.2, 0.25) is 5.02 Å². The maximum atomic E-state index is 12.4. The molecule has 0 bridgehead atoms. The molecule has 0 spiro atoms. The number of aromatic nitrogens is 1. The molecule has 0 aliphatic carbocycles. The van der Waals surface area contributed by atoms with Crippen LogP contribution in [0.5, 0.6) is 0 Å². The second-order valence-corrected chi connectivity index (χ2v) is 5.90. The number of ketones is 1. The minimum Gasteiger partial charge on any atom is -0.337 e. The average Bonchev–Trinajstić information content (AvgIpc) is 2.95. The number of anilines is 1. The van der Waals surface area contributed by atoms with Crippen molar-refractivity contribution in [3.8, 4) is 0 Å². The summed E-state index contributed by atoms with van der Waals surface area (Å²) in [6, 6.07) is 14.7. The zero-order chi connectivity index (χ0) is 17.1. The molecular weight excluding hydrogens is 324 g/mol. The Balaban J connectivity index is 1.89. The van der Waals surface area contributed by atoms with Crippen molar-refractivity contribution in [3.63, 3.8) is 0 Å². The molecule has 0 aliphatic rings. The van der Waals surface area contributed by atoms with Crippen molar-refractivity contribution in [2.24, 2.45) is 0 Å². The van der Waals surface area contributed by atoms with E-state index in [2.05, 4.69) is 5.32 Å². The summed E-state index contributed by atoms with van der Waals surface area (Å²) in [6.07, 6.45) is 2.18. The topological polar surface area (TPSA) is 51.1 Å². The SMILES string of the molecule is CCC(=O)c1cn(CC(=O)Nc2ccccc2Cl)c2ccccc12. The zero-order valence-electron chi connectivity index (χ0n) is 13.3. The van der Waals surface area contributed by atoms with Gasteiger partial charge in [0.05, 0.1) is 10.7 Å². The van der Waals surface area contributed by atoms with E-state index in [4.69, 9.17) is 11.6 Å². The summed E-state index contributed by atoms with van der Waals surface area (Å²) >= 11 is 6.06. The number of amides is 1. The molecule has 0 aliphatic heterocycles. The lowest BCUT2D eigenvalue weighted by Crippen LogP contribution is -2.18. The maximum Gasteiger partial charge on any atom is 0.244 e. The van der Waals surface area contributed by atoms with Gasteiger partial charge < -0.3 is 9.88 Å². The molecule has 0 unspecified atom stereocenters. The van der Waals surface area contributed by atoms with Crippen molar-refractivity contribution in [2.75, 3.05) is 5.32 Å². The third kappa shape index (κ3) is 3.19. The Kier molecular flexibility index (Phi) is 4.67. The van der Waals surface area contributed by atoms with Crippen LogP contribution in [0.3, 0.4) is 0 Å². The number of nitrogens with zero attached hydrogens (tertiary/aromatic N) is 1. The van der Waals surface area contributed by atoms with Crippen molar-refractivity contribution >= 4 is 39.9 Å². The molecule has 3 rings (SSSR count). The fraction of sp³-hybridized carbons (Fsp3) is 0.158. The van der Waals surface area contributed by atoms with E-state index >= 15 is 0 Å². The monoisotopic (exact) mass is 340 g/mol. The van der Waals surface area contributed by atoms with Crippen molar-refractivity contribution < 1.29 is 9.59 Å². The summed E-state index contributed by atoms with van der Waals surface area (Å²) in [5, 5.41) is 4.16. The quantitative estimate of drug-likeness (QED) is 0.694. The highest BCUT2D eigenvalue weighted by Gasteiger charge is 2.15. The number of fused-ring (bicyclic) bond motifs is 1. The normalized spacial score (nSPS) is 10.8. The number of carbonyl (C=O) groups excluding carboxylic acids is 2. The van der Waals surface area contributed by atoms with E-state index in [1.54, 1.807) is 29.0 Å². The minimum absolute atomic E-state index is 0.0662. The smallest absolute Gasteiger partial charge is 0.244 e. The Bertz CT molecular complexity index is 915. The van der Waals surface area contributed by atoms with Crippen molar-refractivity contribution in [2.45, 2.75) is 19.9 Å². The van der Waals surface area contributed by atoms with Crippen LogP contribution in [-0.4, -0.2) is 16.3 Å². The predicted molar refractivity (Wildman–Crippen MR) is 96.6 cm³/mol. The number of hydrogen-bond acceptors (Lipinski definition) is 2. The first-order chi connectivity index (χ1) is 11.6. The van der Waals surface area contributed by atoms with Crippen LogP contribution >= 0.6 is 11.6 Å². The Morgan fingerprint density at radius 2 is 1.79 bits per heavy atom. The van der Waals surface area contributed by atoms with Gasteiger partial charge in [0.2, 0.25) is 5.91 Å². The van der Waals surface area contributed by atoms with E-state index in [0.29, 0.717) is 22.7 Å². The van der Waals surface area contributed by atoms with E-state index in [1.165, 1.54) is 0 Å². The standard InChI is InChI=1S/C19H17ClN2O2/c1-2-18(23)14-11-22(17-10-6-3-7-13(14)17)12-19(24)21-16-9-5-4-8-15(16)20/h3-11H,2,12H2,1H3,(H,21,24). The number of para-hydroxylation sites is 2. The number of benzene rings is 2. The van der Waals surface area contributed by atoms with E-state index in [1.807, 2.05) is 37.3 Å².